The molecule has 6 nitrogen and oxygen atoms in total. The van der Waals surface area contributed by atoms with Crippen LogP contribution in [0.25, 0.3) is 0 Å². The minimum Gasteiger partial charge on any atom is -0.480 e. The van der Waals surface area contributed by atoms with E-state index in [4.69, 9.17) is 10.2 Å². The van der Waals surface area contributed by atoms with Gasteiger partial charge in [0.05, 0.1) is 6.61 Å². The van der Waals surface area contributed by atoms with Crippen LogP contribution in [-0.4, -0.2) is 52.3 Å². The average molecular weight is 230 g/mol. The summed E-state index contributed by atoms with van der Waals surface area (Å²) in [6.45, 7) is 1.56. The Morgan fingerprint density at radius 2 is 2.12 bits per heavy atom. The normalized spacial score (nSPS) is 17.4. The lowest BCUT2D eigenvalue weighted by atomic mass is 9.91. The molecule has 0 aliphatic heterocycles. The summed E-state index contributed by atoms with van der Waals surface area (Å²) in [7, 11) is 0. The zero-order chi connectivity index (χ0) is 12.1. The smallest absolute Gasteiger partial charge is 0.325 e. The van der Waals surface area contributed by atoms with E-state index in [2.05, 4.69) is 5.32 Å². The number of carbonyl (C=O) groups is 2. The molecule has 1 aliphatic carbocycles. The maximum absolute atomic E-state index is 11.7. The Kier molecular flexibility index (Phi) is 4.54. The Bertz CT molecular complexity index is 266. The maximum atomic E-state index is 11.7. The quantitative estimate of drug-likeness (QED) is 0.621. The molecule has 16 heavy (non-hydrogen) atoms. The molecule has 1 rings (SSSR count). The first-order valence-electron chi connectivity index (χ1n) is 5.47. The van der Waals surface area contributed by atoms with Gasteiger partial charge in [0.25, 0.3) is 0 Å². The molecule has 0 aromatic heterocycles. The fourth-order valence-electron chi connectivity index (χ4n) is 1.59. The van der Waals surface area contributed by atoms with Gasteiger partial charge in [-0.15, -0.1) is 0 Å². The summed E-state index contributed by atoms with van der Waals surface area (Å²) < 4.78 is 0. The second-order valence-electron chi connectivity index (χ2n) is 4.01. The highest BCUT2D eigenvalue weighted by Crippen LogP contribution is 2.24. The lowest BCUT2D eigenvalue weighted by Gasteiger charge is -2.37. The van der Waals surface area contributed by atoms with Crippen LogP contribution in [0.1, 0.15) is 26.2 Å². The number of carbonyl (C=O) groups excluding carboxylic acids is 1. The molecule has 0 radical (unpaired) electrons. The van der Waals surface area contributed by atoms with Crippen molar-refractivity contribution in [2.75, 3.05) is 13.2 Å². The van der Waals surface area contributed by atoms with Crippen LogP contribution < -0.4 is 5.32 Å². The predicted octanol–water partition coefficient (Wildman–Crippen LogP) is 0.0159. The van der Waals surface area contributed by atoms with Crippen molar-refractivity contribution in [3.8, 4) is 0 Å². The van der Waals surface area contributed by atoms with E-state index in [1.165, 1.54) is 11.8 Å². The largest absolute Gasteiger partial charge is 0.480 e. The number of aliphatic hydroxyl groups is 1. The van der Waals surface area contributed by atoms with Crippen molar-refractivity contribution < 1.29 is 19.8 Å². The summed E-state index contributed by atoms with van der Waals surface area (Å²) in [6, 6.07) is -1.17. The third-order valence-electron chi connectivity index (χ3n) is 2.83. The summed E-state index contributed by atoms with van der Waals surface area (Å²) >= 11 is 0. The van der Waals surface area contributed by atoms with Crippen molar-refractivity contribution in [1.82, 2.24) is 10.2 Å². The first-order chi connectivity index (χ1) is 7.56. The van der Waals surface area contributed by atoms with Gasteiger partial charge in [-0.25, -0.2) is 4.79 Å². The average Bonchev–Trinajstić information content (AvgIpc) is 2.13. The standard InChI is InChI=1S/C10H18N2O4/c1-7(9(14)15)11-10(16)12(5-6-13)8-3-2-4-8/h7-8,13H,2-6H2,1H3,(H,11,16)(H,14,15)/t7-/m1/s1. The molecule has 0 spiro atoms. The van der Waals surface area contributed by atoms with Crippen LogP contribution in [0.4, 0.5) is 4.79 Å². The minimum atomic E-state index is -1.06. The van der Waals surface area contributed by atoms with E-state index in [9.17, 15) is 9.59 Å². The van der Waals surface area contributed by atoms with Gasteiger partial charge in [0.1, 0.15) is 6.04 Å². The summed E-state index contributed by atoms with van der Waals surface area (Å²) in [6.07, 6.45) is 2.93. The van der Waals surface area contributed by atoms with E-state index in [1.54, 1.807) is 0 Å². The Balaban J connectivity index is 2.49. The molecule has 0 aromatic rings. The minimum absolute atomic E-state index is 0.106. The number of hydrogen-bond donors (Lipinski definition) is 3. The van der Waals surface area contributed by atoms with Gasteiger partial charge in [-0.05, 0) is 26.2 Å². The van der Waals surface area contributed by atoms with Crippen LogP contribution >= 0.6 is 0 Å². The third kappa shape index (κ3) is 3.10. The molecule has 1 saturated carbocycles. The second kappa shape index (κ2) is 5.69. The Labute approximate surface area is 94.2 Å². The molecule has 0 heterocycles. The molecular formula is C10H18N2O4. The van der Waals surface area contributed by atoms with Gasteiger partial charge in [-0.3, -0.25) is 4.79 Å². The highest BCUT2D eigenvalue weighted by molar-refractivity contribution is 5.82. The summed E-state index contributed by atoms with van der Waals surface area (Å²) in [4.78, 5) is 23.8. The van der Waals surface area contributed by atoms with Gasteiger partial charge >= 0.3 is 12.0 Å². The highest BCUT2D eigenvalue weighted by atomic mass is 16.4. The number of urea groups is 1. The maximum Gasteiger partial charge on any atom is 0.325 e. The van der Waals surface area contributed by atoms with Crippen LogP contribution in [0.5, 0.6) is 0 Å². The van der Waals surface area contributed by atoms with Crippen molar-refractivity contribution in [3.05, 3.63) is 0 Å². The summed E-state index contributed by atoms with van der Waals surface area (Å²) in [5.41, 5.74) is 0. The number of carboxylic acids is 1. The van der Waals surface area contributed by atoms with Crippen molar-refractivity contribution in [3.63, 3.8) is 0 Å². The lowest BCUT2D eigenvalue weighted by Crippen LogP contribution is -2.53. The van der Waals surface area contributed by atoms with Crippen molar-refractivity contribution in [2.45, 2.75) is 38.3 Å². The van der Waals surface area contributed by atoms with E-state index in [1.807, 2.05) is 0 Å². The Morgan fingerprint density at radius 3 is 2.50 bits per heavy atom. The first-order valence-corrected chi connectivity index (χ1v) is 5.47. The van der Waals surface area contributed by atoms with E-state index >= 15 is 0 Å². The van der Waals surface area contributed by atoms with Crippen molar-refractivity contribution in [1.29, 1.82) is 0 Å². The first kappa shape index (κ1) is 12.8. The molecule has 2 amide bonds. The molecule has 0 aromatic carbocycles. The van der Waals surface area contributed by atoms with Gasteiger partial charge in [-0.1, -0.05) is 0 Å². The monoisotopic (exact) mass is 230 g/mol. The van der Waals surface area contributed by atoms with Crippen LogP contribution in [0.2, 0.25) is 0 Å². The van der Waals surface area contributed by atoms with E-state index < -0.39 is 18.0 Å². The van der Waals surface area contributed by atoms with Gasteiger partial charge in [0.2, 0.25) is 0 Å². The Hall–Kier alpha value is -1.30. The number of amides is 2. The number of aliphatic carboxylic acids is 1. The van der Waals surface area contributed by atoms with Crippen LogP contribution in [0.3, 0.4) is 0 Å². The zero-order valence-electron chi connectivity index (χ0n) is 9.35. The van der Waals surface area contributed by atoms with Crippen LogP contribution in [-0.2, 0) is 4.79 Å². The summed E-state index contributed by atoms with van der Waals surface area (Å²) in [5, 5.41) is 19.9. The second-order valence-corrected chi connectivity index (χ2v) is 4.01. The molecule has 0 saturated heterocycles. The SMILES string of the molecule is C[C@@H](NC(=O)N(CCO)C1CCC1)C(=O)O. The van der Waals surface area contributed by atoms with Crippen LogP contribution in [0.15, 0.2) is 0 Å². The third-order valence-corrected chi connectivity index (χ3v) is 2.83. The van der Waals surface area contributed by atoms with Gasteiger partial charge in [0, 0.05) is 12.6 Å². The number of rotatable bonds is 5. The molecular weight excluding hydrogens is 212 g/mol. The zero-order valence-corrected chi connectivity index (χ0v) is 9.35. The van der Waals surface area contributed by atoms with Crippen molar-refractivity contribution in [2.24, 2.45) is 0 Å². The molecule has 1 fully saturated rings. The molecule has 1 atom stereocenters. The van der Waals surface area contributed by atoms with Gasteiger partial charge in [-0.2, -0.15) is 0 Å². The molecule has 1 aliphatic rings. The molecule has 3 N–H and O–H groups in total. The number of nitrogens with zero attached hydrogens (tertiary/aromatic N) is 1. The Morgan fingerprint density at radius 1 is 1.50 bits per heavy atom. The fraction of sp³-hybridized carbons (Fsp3) is 0.800. The topological polar surface area (TPSA) is 89.9 Å². The number of hydrogen-bond acceptors (Lipinski definition) is 3. The predicted molar refractivity (Wildman–Crippen MR) is 57.1 cm³/mol. The number of aliphatic hydroxyl groups excluding tert-OH is 1. The number of nitrogens with one attached hydrogen (secondary N) is 1. The molecule has 92 valence electrons. The van der Waals surface area contributed by atoms with Crippen molar-refractivity contribution >= 4 is 12.0 Å². The molecule has 0 unspecified atom stereocenters. The van der Waals surface area contributed by atoms with E-state index in [-0.39, 0.29) is 19.2 Å². The number of carboxylic acid groups (broad SMARTS) is 1. The fourth-order valence-corrected chi connectivity index (χ4v) is 1.59. The van der Waals surface area contributed by atoms with E-state index in [0.717, 1.165) is 19.3 Å². The van der Waals surface area contributed by atoms with Gasteiger partial charge < -0.3 is 20.4 Å². The van der Waals surface area contributed by atoms with E-state index in [0.29, 0.717) is 0 Å². The van der Waals surface area contributed by atoms with Gasteiger partial charge in [0.15, 0.2) is 0 Å². The lowest BCUT2D eigenvalue weighted by molar-refractivity contribution is -0.138. The highest BCUT2D eigenvalue weighted by Gasteiger charge is 2.29. The molecule has 0 bridgehead atoms. The summed E-state index contributed by atoms with van der Waals surface area (Å²) in [5.74, 6) is -1.06. The molecule has 6 heteroatoms. The van der Waals surface area contributed by atoms with Crippen LogP contribution in [0, 0.1) is 0 Å².